The first kappa shape index (κ1) is 22.6. The Morgan fingerprint density at radius 1 is 0.871 bits per heavy atom. The number of pyridine rings is 1. The van der Waals surface area contributed by atoms with Crippen molar-refractivity contribution < 1.29 is 14.2 Å². The predicted octanol–water partition coefficient (Wildman–Crippen LogP) is 4.07. The van der Waals surface area contributed by atoms with Crippen LogP contribution in [0, 0.1) is 0 Å². The van der Waals surface area contributed by atoms with E-state index in [1.807, 2.05) is 36.4 Å². The lowest BCUT2D eigenvalue weighted by atomic mass is 10.1. The molecule has 0 fully saturated rings. The first-order chi connectivity index (χ1) is 15.1. The first-order valence-electron chi connectivity index (χ1n) is 10.3. The Morgan fingerprint density at radius 2 is 1.61 bits per heavy atom. The van der Waals surface area contributed by atoms with Crippen molar-refractivity contribution in [2.75, 3.05) is 34.9 Å². The Hall–Kier alpha value is -3.09. The van der Waals surface area contributed by atoms with E-state index in [4.69, 9.17) is 14.2 Å². The summed E-state index contributed by atoms with van der Waals surface area (Å²) in [6.07, 6.45) is 3.52. The van der Waals surface area contributed by atoms with E-state index in [0.29, 0.717) is 6.61 Å². The van der Waals surface area contributed by atoms with Gasteiger partial charge in [-0.1, -0.05) is 18.2 Å². The number of aromatic nitrogens is 1. The molecule has 164 valence electrons. The Balaban J connectivity index is 1.58. The number of hydrogen-bond donors (Lipinski definition) is 1. The molecule has 6 nitrogen and oxygen atoms in total. The van der Waals surface area contributed by atoms with Crippen LogP contribution in [0.1, 0.15) is 22.7 Å². The Kier molecular flexibility index (Phi) is 8.27. The van der Waals surface area contributed by atoms with Crippen LogP contribution in [0.15, 0.2) is 67.0 Å². The summed E-state index contributed by atoms with van der Waals surface area (Å²) >= 11 is 0. The minimum atomic E-state index is 0.260. The second-order valence-corrected chi connectivity index (χ2v) is 7.51. The van der Waals surface area contributed by atoms with Gasteiger partial charge in [0.2, 0.25) is 0 Å². The third kappa shape index (κ3) is 6.44. The van der Waals surface area contributed by atoms with E-state index in [0.717, 1.165) is 41.5 Å². The standard InChI is InChI=1S/C25H31N3O3/c1-28(2)23(21-6-8-22(29-3)9-7-21)17-27-16-20-5-10-24(25(15-20)30-4)31-18-19-11-13-26-14-12-19/h5-15,23,27H,16-18H2,1-4H3/t23-/m0/s1. The molecule has 0 aliphatic rings. The fourth-order valence-electron chi connectivity index (χ4n) is 3.36. The molecule has 0 spiro atoms. The fraction of sp³-hybridized carbons (Fsp3) is 0.320. The number of rotatable bonds is 11. The van der Waals surface area contributed by atoms with Crippen LogP contribution in [-0.4, -0.2) is 44.7 Å². The van der Waals surface area contributed by atoms with E-state index in [1.165, 1.54) is 5.56 Å². The molecule has 3 aromatic rings. The van der Waals surface area contributed by atoms with Gasteiger partial charge in [-0.3, -0.25) is 4.98 Å². The highest BCUT2D eigenvalue weighted by molar-refractivity contribution is 5.43. The third-order valence-corrected chi connectivity index (χ3v) is 5.16. The van der Waals surface area contributed by atoms with Crippen molar-refractivity contribution in [2.45, 2.75) is 19.2 Å². The molecular weight excluding hydrogens is 390 g/mol. The summed E-state index contributed by atoms with van der Waals surface area (Å²) in [6, 6.07) is 18.4. The molecule has 0 aliphatic heterocycles. The monoisotopic (exact) mass is 421 g/mol. The van der Waals surface area contributed by atoms with E-state index in [2.05, 4.69) is 47.5 Å². The van der Waals surface area contributed by atoms with Gasteiger partial charge in [0.05, 0.1) is 14.2 Å². The summed E-state index contributed by atoms with van der Waals surface area (Å²) < 4.78 is 16.7. The number of hydrogen-bond acceptors (Lipinski definition) is 6. The maximum atomic E-state index is 5.93. The molecular formula is C25H31N3O3. The molecule has 0 saturated carbocycles. The Bertz CT molecular complexity index is 931. The van der Waals surface area contributed by atoms with E-state index in [-0.39, 0.29) is 6.04 Å². The summed E-state index contributed by atoms with van der Waals surface area (Å²) in [4.78, 5) is 6.24. The summed E-state index contributed by atoms with van der Waals surface area (Å²) in [5.41, 5.74) is 3.45. The molecule has 0 amide bonds. The summed E-state index contributed by atoms with van der Waals surface area (Å²) in [7, 11) is 7.53. The topological polar surface area (TPSA) is 55.9 Å². The summed E-state index contributed by atoms with van der Waals surface area (Å²) in [5, 5.41) is 3.56. The number of benzene rings is 2. The van der Waals surface area contributed by atoms with Crippen LogP contribution in [-0.2, 0) is 13.2 Å². The van der Waals surface area contributed by atoms with Gasteiger partial charge in [-0.05, 0) is 67.2 Å². The summed E-state index contributed by atoms with van der Waals surface area (Å²) in [5.74, 6) is 2.33. The minimum Gasteiger partial charge on any atom is -0.497 e. The van der Waals surface area contributed by atoms with Crippen LogP contribution in [0.2, 0.25) is 0 Å². The highest BCUT2D eigenvalue weighted by Gasteiger charge is 2.14. The van der Waals surface area contributed by atoms with Crippen molar-refractivity contribution in [1.29, 1.82) is 0 Å². The van der Waals surface area contributed by atoms with Crippen molar-refractivity contribution in [2.24, 2.45) is 0 Å². The van der Waals surface area contributed by atoms with Crippen molar-refractivity contribution in [3.63, 3.8) is 0 Å². The van der Waals surface area contributed by atoms with Gasteiger partial charge in [0.1, 0.15) is 12.4 Å². The van der Waals surface area contributed by atoms with Crippen LogP contribution >= 0.6 is 0 Å². The normalized spacial score (nSPS) is 11.9. The van der Waals surface area contributed by atoms with Crippen molar-refractivity contribution >= 4 is 0 Å². The van der Waals surface area contributed by atoms with Gasteiger partial charge < -0.3 is 24.4 Å². The number of methoxy groups -OCH3 is 2. The van der Waals surface area contributed by atoms with Gasteiger partial charge in [0.15, 0.2) is 11.5 Å². The highest BCUT2D eigenvalue weighted by Crippen LogP contribution is 2.29. The molecule has 0 bridgehead atoms. The van der Waals surface area contributed by atoms with Crippen LogP contribution in [0.4, 0.5) is 0 Å². The zero-order chi connectivity index (χ0) is 22.1. The Labute approximate surface area is 184 Å². The quantitative estimate of drug-likeness (QED) is 0.504. The Morgan fingerprint density at radius 3 is 2.26 bits per heavy atom. The third-order valence-electron chi connectivity index (χ3n) is 5.16. The van der Waals surface area contributed by atoms with Crippen molar-refractivity contribution in [1.82, 2.24) is 15.2 Å². The second kappa shape index (κ2) is 11.3. The molecule has 0 unspecified atom stereocenters. The lowest BCUT2D eigenvalue weighted by Crippen LogP contribution is -2.30. The summed E-state index contributed by atoms with van der Waals surface area (Å²) in [6.45, 7) is 2.03. The maximum Gasteiger partial charge on any atom is 0.161 e. The smallest absolute Gasteiger partial charge is 0.161 e. The van der Waals surface area contributed by atoms with E-state index >= 15 is 0 Å². The maximum absolute atomic E-state index is 5.93. The predicted molar refractivity (Wildman–Crippen MR) is 123 cm³/mol. The van der Waals surface area contributed by atoms with Gasteiger partial charge in [-0.15, -0.1) is 0 Å². The van der Waals surface area contributed by atoms with Gasteiger partial charge in [-0.25, -0.2) is 0 Å². The zero-order valence-electron chi connectivity index (χ0n) is 18.7. The van der Waals surface area contributed by atoms with Crippen LogP contribution in [0.5, 0.6) is 17.2 Å². The largest absolute Gasteiger partial charge is 0.497 e. The van der Waals surface area contributed by atoms with Crippen molar-refractivity contribution in [3.05, 3.63) is 83.7 Å². The second-order valence-electron chi connectivity index (χ2n) is 7.51. The number of nitrogens with one attached hydrogen (secondary N) is 1. The van der Waals surface area contributed by atoms with Crippen LogP contribution in [0.25, 0.3) is 0 Å². The molecule has 0 radical (unpaired) electrons. The molecule has 2 aromatic carbocycles. The van der Waals surface area contributed by atoms with Gasteiger partial charge in [0, 0.05) is 31.5 Å². The molecule has 31 heavy (non-hydrogen) atoms. The van der Waals surface area contributed by atoms with Gasteiger partial charge >= 0.3 is 0 Å². The van der Waals surface area contributed by atoms with E-state index < -0.39 is 0 Å². The molecule has 0 saturated heterocycles. The highest BCUT2D eigenvalue weighted by atomic mass is 16.5. The molecule has 0 aliphatic carbocycles. The molecule has 6 heteroatoms. The molecule has 1 aromatic heterocycles. The molecule has 1 N–H and O–H groups in total. The zero-order valence-corrected chi connectivity index (χ0v) is 18.7. The van der Waals surface area contributed by atoms with Gasteiger partial charge in [-0.2, -0.15) is 0 Å². The fourth-order valence-corrected chi connectivity index (χ4v) is 3.36. The van der Waals surface area contributed by atoms with Gasteiger partial charge in [0.25, 0.3) is 0 Å². The first-order valence-corrected chi connectivity index (χ1v) is 10.3. The average Bonchev–Trinajstić information content (AvgIpc) is 2.81. The van der Waals surface area contributed by atoms with E-state index in [1.54, 1.807) is 26.6 Å². The van der Waals surface area contributed by atoms with E-state index in [9.17, 15) is 0 Å². The lowest BCUT2D eigenvalue weighted by Gasteiger charge is -2.25. The number of likely N-dealkylation sites (N-methyl/N-ethyl adjacent to an activating group) is 1. The molecule has 1 heterocycles. The van der Waals surface area contributed by atoms with Crippen molar-refractivity contribution in [3.8, 4) is 17.2 Å². The SMILES string of the molecule is COc1ccc([C@H](CNCc2ccc(OCc3ccncc3)c(OC)c2)N(C)C)cc1. The molecule has 1 atom stereocenters. The molecule has 3 rings (SSSR count). The van der Waals surface area contributed by atoms with Crippen LogP contribution < -0.4 is 19.5 Å². The van der Waals surface area contributed by atoms with Crippen LogP contribution in [0.3, 0.4) is 0 Å². The minimum absolute atomic E-state index is 0.260. The number of nitrogens with zero attached hydrogens (tertiary/aromatic N) is 2. The number of ether oxygens (including phenoxy) is 3. The average molecular weight is 422 g/mol. The lowest BCUT2D eigenvalue weighted by molar-refractivity contribution is 0.283.